The van der Waals surface area contributed by atoms with E-state index in [4.69, 9.17) is 15.0 Å². The van der Waals surface area contributed by atoms with Crippen molar-refractivity contribution in [2.75, 3.05) is 13.7 Å². The van der Waals surface area contributed by atoms with Gasteiger partial charge in [-0.3, -0.25) is 0 Å². The van der Waals surface area contributed by atoms with Crippen molar-refractivity contribution >= 4 is 32.6 Å². The van der Waals surface area contributed by atoms with Gasteiger partial charge >= 0.3 is 0 Å². The Kier molecular flexibility index (Phi) is 9.28. The van der Waals surface area contributed by atoms with Gasteiger partial charge in [0.25, 0.3) is 10.2 Å². The average molecular weight is 519 g/mol. The summed E-state index contributed by atoms with van der Waals surface area (Å²) in [6.07, 6.45) is 3.23. The van der Waals surface area contributed by atoms with Gasteiger partial charge in [-0.2, -0.15) is 8.42 Å². The normalized spacial score (nSPS) is 21.2. The molecule has 0 amide bonds. The summed E-state index contributed by atoms with van der Waals surface area (Å²) in [4.78, 5) is 0.0874. The topological polar surface area (TPSA) is 154 Å². The number of primary sulfonamides is 1. The minimum atomic E-state index is -3.81. The molecule has 9 nitrogen and oxygen atoms in total. The Morgan fingerprint density at radius 2 is 1.67 bits per heavy atom. The van der Waals surface area contributed by atoms with Crippen LogP contribution in [0.5, 0.6) is 5.75 Å². The first kappa shape index (κ1) is 27.5. The molecule has 1 aliphatic rings. The van der Waals surface area contributed by atoms with Crippen molar-refractivity contribution in [2.24, 2.45) is 10.3 Å². The van der Waals surface area contributed by atoms with Crippen LogP contribution in [0.1, 0.15) is 36.8 Å². The maximum atomic E-state index is 11.6. The molecule has 6 N–H and O–H groups in total. The number of nitrogens with two attached hydrogens (primary N) is 2. The number of ether oxygens (including phenoxy) is 1. The van der Waals surface area contributed by atoms with Crippen LogP contribution in [0, 0.1) is 0 Å². The lowest BCUT2D eigenvalue weighted by Gasteiger charge is -2.41. The number of benzene rings is 2. The summed E-state index contributed by atoms with van der Waals surface area (Å²) in [5.74, 6) is 0.723. The van der Waals surface area contributed by atoms with E-state index in [9.17, 15) is 16.8 Å². The van der Waals surface area contributed by atoms with Crippen LogP contribution in [0.15, 0.2) is 53.4 Å². The van der Waals surface area contributed by atoms with Crippen molar-refractivity contribution in [1.29, 1.82) is 0 Å². The third-order valence-electron chi connectivity index (χ3n) is 6.08. The fraction of sp³-hybridized carbons (Fsp3) is 0.429. The van der Waals surface area contributed by atoms with E-state index in [0.717, 1.165) is 42.6 Å². The highest BCUT2D eigenvalue weighted by atomic mass is 35.5. The largest absolute Gasteiger partial charge is 0.497 e. The van der Waals surface area contributed by atoms with Gasteiger partial charge in [-0.1, -0.05) is 24.3 Å². The molecule has 2 aromatic carbocycles. The lowest BCUT2D eigenvalue weighted by Crippen LogP contribution is -2.47. The molecule has 33 heavy (non-hydrogen) atoms. The van der Waals surface area contributed by atoms with Crippen LogP contribution in [-0.4, -0.2) is 36.5 Å². The van der Waals surface area contributed by atoms with E-state index in [1.54, 1.807) is 19.2 Å². The zero-order valence-corrected chi connectivity index (χ0v) is 20.8. The molecule has 12 heteroatoms. The van der Waals surface area contributed by atoms with Crippen molar-refractivity contribution in [3.63, 3.8) is 0 Å². The van der Waals surface area contributed by atoms with E-state index in [2.05, 4.69) is 10.0 Å². The van der Waals surface area contributed by atoms with Gasteiger partial charge in [-0.25, -0.2) is 23.4 Å². The lowest BCUT2D eigenvalue weighted by molar-refractivity contribution is 0.245. The van der Waals surface area contributed by atoms with Crippen LogP contribution in [0.2, 0.25) is 0 Å². The molecule has 0 spiro atoms. The first-order chi connectivity index (χ1) is 15.0. The van der Waals surface area contributed by atoms with Crippen LogP contribution < -0.4 is 25.1 Å². The molecular formula is C21H31ClN4O5S2. The summed E-state index contributed by atoms with van der Waals surface area (Å²) in [5.41, 5.74) is 1.60. The second-order valence-electron chi connectivity index (χ2n) is 8.22. The molecule has 0 radical (unpaired) electrons. The zero-order chi connectivity index (χ0) is 23.4. The molecule has 184 valence electrons. The fourth-order valence-electron chi connectivity index (χ4n) is 4.19. The van der Waals surface area contributed by atoms with Gasteiger partial charge < -0.3 is 10.1 Å². The second kappa shape index (κ2) is 11.1. The number of methoxy groups -OCH3 is 1. The highest BCUT2D eigenvalue weighted by Crippen LogP contribution is 2.40. The van der Waals surface area contributed by atoms with Crippen molar-refractivity contribution in [2.45, 2.75) is 48.6 Å². The number of sulfonamides is 1. The number of rotatable bonds is 9. The monoisotopic (exact) mass is 518 g/mol. The quantitative estimate of drug-likeness (QED) is 0.394. The number of hydrogen-bond donors (Lipinski definition) is 4. The van der Waals surface area contributed by atoms with Gasteiger partial charge in [0.15, 0.2) is 0 Å². The van der Waals surface area contributed by atoms with Crippen molar-refractivity contribution in [3.8, 4) is 5.75 Å². The minimum absolute atomic E-state index is 0. The minimum Gasteiger partial charge on any atom is -0.497 e. The molecule has 3 rings (SSSR count). The van der Waals surface area contributed by atoms with E-state index in [-0.39, 0.29) is 35.3 Å². The SMILES string of the molecule is COc1cccc([C@]2(CNS(N)(=O)=O)CC[C@@H](NCc3ccc(S(N)(=O)=O)cc3)CC2)c1.Cl. The van der Waals surface area contributed by atoms with Gasteiger partial charge in [0.05, 0.1) is 12.0 Å². The van der Waals surface area contributed by atoms with Crippen LogP contribution in [0.3, 0.4) is 0 Å². The fourth-order valence-corrected chi connectivity index (χ4v) is 5.19. The standard InChI is InChI=1S/C21H30N4O5S2.ClH/c1-30-19-4-2-3-17(13-19)21(15-25-32(23,28)29)11-9-18(10-12-21)24-14-16-5-7-20(8-6-16)31(22,26)27;/h2-8,13,18,24-25H,9-12,14-15H2,1H3,(H2,22,26,27)(H2,23,28,29);1H/t18-,21-;. The number of halogens is 1. The van der Waals surface area contributed by atoms with E-state index < -0.39 is 20.2 Å². The molecule has 0 aliphatic heterocycles. The molecule has 1 fully saturated rings. The lowest BCUT2D eigenvalue weighted by atomic mass is 9.68. The molecule has 0 saturated heterocycles. The molecule has 1 aliphatic carbocycles. The van der Waals surface area contributed by atoms with Crippen LogP contribution in [0.25, 0.3) is 0 Å². The summed E-state index contributed by atoms with van der Waals surface area (Å²) >= 11 is 0. The Hall–Kier alpha value is -1.73. The van der Waals surface area contributed by atoms with Gasteiger partial charge in [-0.05, 0) is 61.1 Å². The van der Waals surface area contributed by atoms with Crippen molar-refractivity contribution < 1.29 is 21.6 Å². The molecule has 2 aromatic rings. The summed E-state index contributed by atoms with van der Waals surface area (Å²) in [6, 6.07) is 14.4. The molecule has 0 aromatic heterocycles. The van der Waals surface area contributed by atoms with Gasteiger partial charge in [0.1, 0.15) is 5.75 Å². The Bertz CT molecular complexity index is 1130. The summed E-state index contributed by atoms with van der Waals surface area (Å²) in [7, 11) is -5.91. The van der Waals surface area contributed by atoms with E-state index in [0.29, 0.717) is 6.54 Å². The van der Waals surface area contributed by atoms with Gasteiger partial charge in [0, 0.05) is 24.5 Å². The third-order valence-corrected chi connectivity index (χ3v) is 7.56. The first-order valence-electron chi connectivity index (χ1n) is 10.3. The highest BCUT2D eigenvalue weighted by Gasteiger charge is 2.37. The predicted molar refractivity (Wildman–Crippen MR) is 130 cm³/mol. The van der Waals surface area contributed by atoms with E-state index in [1.165, 1.54) is 12.1 Å². The molecule has 0 bridgehead atoms. The van der Waals surface area contributed by atoms with E-state index in [1.807, 2.05) is 24.3 Å². The second-order valence-corrected chi connectivity index (χ2v) is 11.2. The highest BCUT2D eigenvalue weighted by molar-refractivity contribution is 7.89. The average Bonchev–Trinajstić information content (AvgIpc) is 2.76. The Labute approximate surface area is 201 Å². The summed E-state index contributed by atoms with van der Waals surface area (Å²) in [5, 5.41) is 13.9. The third kappa shape index (κ3) is 7.64. The summed E-state index contributed by atoms with van der Waals surface area (Å²) < 4.78 is 53.7. The van der Waals surface area contributed by atoms with Crippen molar-refractivity contribution in [3.05, 3.63) is 59.7 Å². The van der Waals surface area contributed by atoms with Gasteiger partial charge in [0.2, 0.25) is 10.0 Å². The predicted octanol–water partition coefficient (Wildman–Crippen LogP) is 1.53. The maximum Gasteiger partial charge on any atom is 0.274 e. The smallest absolute Gasteiger partial charge is 0.274 e. The number of hydrogen-bond acceptors (Lipinski definition) is 6. The number of nitrogens with one attached hydrogen (secondary N) is 2. The molecular weight excluding hydrogens is 488 g/mol. The van der Waals surface area contributed by atoms with Crippen LogP contribution >= 0.6 is 12.4 Å². The molecule has 0 unspecified atom stereocenters. The van der Waals surface area contributed by atoms with Gasteiger partial charge in [-0.15, -0.1) is 12.4 Å². The van der Waals surface area contributed by atoms with Crippen molar-refractivity contribution in [1.82, 2.24) is 10.0 Å². The Morgan fingerprint density at radius 3 is 2.21 bits per heavy atom. The summed E-state index contributed by atoms with van der Waals surface area (Å²) in [6.45, 7) is 0.817. The Morgan fingerprint density at radius 1 is 1.03 bits per heavy atom. The molecule has 0 heterocycles. The Balaban J connectivity index is 0.00000385. The zero-order valence-electron chi connectivity index (χ0n) is 18.4. The molecule has 0 atom stereocenters. The van der Waals surface area contributed by atoms with E-state index >= 15 is 0 Å². The maximum absolute atomic E-state index is 11.6. The van der Waals surface area contributed by atoms with Crippen LogP contribution in [0.4, 0.5) is 0 Å². The first-order valence-corrected chi connectivity index (χ1v) is 13.4. The molecule has 1 saturated carbocycles. The van der Waals surface area contributed by atoms with Crippen LogP contribution in [-0.2, 0) is 32.2 Å².